The Balaban J connectivity index is 1.56. The Morgan fingerprint density at radius 3 is 2.77 bits per heavy atom. The molecule has 1 atom stereocenters. The molecule has 0 saturated carbocycles. The van der Waals surface area contributed by atoms with Crippen LogP contribution in [0.5, 0.6) is 5.75 Å². The van der Waals surface area contributed by atoms with Crippen molar-refractivity contribution >= 4 is 11.5 Å². The van der Waals surface area contributed by atoms with Gasteiger partial charge < -0.3 is 9.64 Å². The molecule has 0 radical (unpaired) electrons. The Bertz CT molecular complexity index is 1270. The second-order valence-corrected chi connectivity index (χ2v) is 10.0. The van der Waals surface area contributed by atoms with E-state index in [2.05, 4.69) is 66.6 Å². The maximum atomic E-state index is 5.45. The van der Waals surface area contributed by atoms with Gasteiger partial charge in [-0.25, -0.2) is 4.98 Å². The van der Waals surface area contributed by atoms with Crippen LogP contribution in [0.2, 0.25) is 0 Å². The number of anilines is 1. The lowest BCUT2D eigenvalue weighted by atomic mass is 9.95. The summed E-state index contributed by atoms with van der Waals surface area (Å²) in [5.74, 6) is 2.83. The molecule has 2 aromatic heterocycles. The fraction of sp³-hybridized carbons (Fsp3) is 0.467. The fourth-order valence-electron chi connectivity index (χ4n) is 5.78. The standard InChI is InChI=1S/C30H38N4O/c1-5-18-33(19-10-13-23-11-7-6-8-12-23)30-26-14-9-15-27(26)31-29-28(22(3)32-34(29)30)25-17-16-24(35-4)20-21(25)2/h6-8,11,16-17,20,23H,5,9-10,12-15,18-19H2,1-4H3. The minimum absolute atomic E-state index is 0.670. The van der Waals surface area contributed by atoms with Crippen LogP contribution in [0.25, 0.3) is 16.8 Å². The first kappa shape index (κ1) is 23.7. The largest absolute Gasteiger partial charge is 0.497 e. The summed E-state index contributed by atoms with van der Waals surface area (Å²) in [7, 11) is 1.72. The molecule has 2 heterocycles. The first-order valence-electron chi connectivity index (χ1n) is 13.2. The monoisotopic (exact) mass is 470 g/mol. The van der Waals surface area contributed by atoms with E-state index in [1.807, 2.05) is 6.07 Å². The van der Waals surface area contributed by atoms with Crippen molar-refractivity contribution in [3.8, 4) is 16.9 Å². The number of rotatable bonds is 9. The van der Waals surface area contributed by atoms with Crippen molar-refractivity contribution in [2.45, 2.75) is 65.7 Å². The van der Waals surface area contributed by atoms with Crippen molar-refractivity contribution in [1.82, 2.24) is 14.6 Å². The van der Waals surface area contributed by atoms with Crippen LogP contribution in [0.3, 0.4) is 0 Å². The number of hydrogen-bond donors (Lipinski definition) is 0. The van der Waals surface area contributed by atoms with E-state index in [9.17, 15) is 0 Å². The van der Waals surface area contributed by atoms with E-state index in [0.717, 1.165) is 55.0 Å². The Hall–Kier alpha value is -3.08. The number of ether oxygens (including phenoxy) is 1. The van der Waals surface area contributed by atoms with Crippen LogP contribution in [0.4, 0.5) is 5.82 Å². The second-order valence-electron chi connectivity index (χ2n) is 10.0. The quantitative estimate of drug-likeness (QED) is 0.352. The number of hydrogen-bond acceptors (Lipinski definition) is 4. The average Bonchev–Trinajstić information content (AvgIpc) is 3.46. The van der Waals surface area contributed by atoms with E-state index in [1.165, 1.54) is 53.9 Å². The summed E-state index contributed by atoms with van der Waals surface area (Å²) >= 11 is 0. The molecule has 3 aromatic rings. The number of nitrogens with zero attached hydrogens (tertiary/aromatic N) is 4. The third-order valence-electron chi connectivity index (χ3n) is 7.50. The molecule has 35 heavy (non-hydrogen) atoms. The average molecular weight is 471 g/mol. The lowest BCUT2D eigenvalue weighted by Crippen LogP contribution is -2.29. The molecule has 0 amide bonds. The molecule has 5 nitrogen and oxygen atoms in total. The Morgan fingerprint density at radius 2 is 2.03 bits per heavy atom. The lowest BCUT2D eigenvalue weighted by molar-refractivity contribution is 0.414. The highest BCUT2D eigenvalue weighted by Crippen LogP contribution is 2.38. The molecule has 5 heteroatoms. The first-order chi connectivity index (χ1) is 17.1. The van der Waals surface area contributed by atoms with Gasteiger partial charge in [-0.2, -0.15) is 9.61 Å². The van der Waals surface area contributed by atoms with Crippen LogP contribution >= 0.6 is 0 Å². The molecule has 184 valence electrons. The predicted molar refractivity (Wildman–Crippen MR) is 145 cm³/mol. The number of methoxy groups -OCH3 is 1. The topological polar surface area (TPSA) is 42.7 Å². The molecule has 5 rings (SSSR count). The molecule has 0 aliphatic heterocycles. The van der Waals surface area contributed by atoms with Crippen molar-refractivity contribution in [3.63, 3.8) is 0 Å². The van der Waals surface area contributed by atoms with Crippen LogP contribution in [-0.4, -0.2) is 34.8 Å². The highest BCUT2D eigenvalue weighted by atomic mass is 16.5. The van der Waals surface area contributed by atoms with Gasteiger partial charge in [0.25, 0.3) is 0 Å². The lowest BCUT2D eigenvalue weighted by Gasteiger charge is -2.28. The van der Waals surface area contributed by atoms with Gasteiger partial charge in [-0.1, -0.05) is 37.3 Å². The van der Waals surface area contributed by atoms with Gasteiger partial charge in [-0.3, -0.25) is 0 Å². The molecule has 2 aliphatic carbocycles. The number of fused-ring (bicyclic) bond motifs is 2. The summed E-state index contributed by atoms with van der Waals surface area (Å²) in [5.41, 5.74) is 8.23. The maximum absolute atomic E-state index is 5.45. The van der Waals surface area contributed by atoms with Crippen LogP contribution in [-0.2, 0) is 12.8 Å². The summed E-state index contributed by atoms with van der Waals surface area (Å²) in [5, 5.41) is 5.11. The van der Waals surface area contributed by atoms with Gasteiger partial charge in [0, 0.05) is 29.9 Å². The normalized spacial score (nSPS) is 16.7. The third kappa shape index (κ3) is 4.61. The zero-order valence-corrected chi connectivity index (χ0v) is 21.7. The molecule has 0 bridgehead atoms. The molecule has 0 spiro atoms. The van der Waals surface area contributed by atoms with Crippen molar-refractivity contribution in [1.29, 1.82) is 0 Å². The minimum Gasteiger partial charge on any atom is -0.497 e. The van der Waals surface area contributed by atoms with Gasteiger partial charge >= 0.3 is 0 Å². The first-order valence-corrected chi connectivity index (χ1v) is 13.2. The maximum Gasteiger partial charge on any atom is 0.165 e. The summed E-state index contributed by atoms with van der Waals surface area (Å²) in [6, 6.07) is 6.30. The number of benzene rings is 1. The molecule has 1 aromatic carbocycles. The molecular weight excluding hydrogens is 432 g/mol. The van der Waals surface area contributed by atoms with E-state index < -0.39 is 0 Å². The summed E-state index contributed by atoms with van der Waals surface area (Å²) in [6.45, 7) is 8.65. The summed E-state index contributed by atoms with van der Waals surface area (Å²) in [6.07, 6.45) is 17.1. The summed E-state index contributed by atoms with van der Waals surface area (Å²) < 4.78 is 7.62. The minimum atomic E-state index is 0.670. The van der Waals surface area contributed by atoms with Crippen LogP contribution < -0.4 is 9.64 Å². The Labute approximate surface area is 209 Å². The number of allylic oxidation sites excluding steroid dienone is 4. The van der Waals surface area contributed by atoms with E-state index in [1.54, 1.807) is 7.11 Å². The van der Waals surface area contributed by atoms with E-state index >= 15 is 0 Å². The smallest absolute Gasteiger partial charge is 0.165 e. The SMILES string of the molecule is CCCN(CCCC1C=CC=CC1)c1c2c(nc3c(-c4ccc(OC)cc4C)c(C)nn13)CCC2. The molecule has 0 fully saturated rings. The van der Waals surface area contributed by atoms with E-state index in [0.29, 0.717) is 5.92 Å². The molecule has 2 aliphatic rings. The molecule has 0 saturated heterocycles. The van der Waals surface area contributed by atoms with Gasteiger partial charge in [0.1, 0.15) is 11.6 Å². The van der Waals surface area contributed by atoms with Gasteiger partial charge in [-0.15, -0.1) is 0 Å². The van der Waals surface area contributed by atoms with Crippen LogP contribution in [0.15, 0.2) is 42.5 Å². The van der Waals surface area contributed by atoms with Gasteiger partial charge in [-0.05, 0) is 88.0 Å². The fourth-order valence-corrected chi connectivity index (χ4v) is 5.78. The van der Waals surface area contributed by atoms with Crippen molar-refractivity contribution in [3.05, 3.63) is 65.0 Å². The molecular formula is C30H38N4O. The third-order valence-corrected chi connectivity index (χ3v) is 7.50. The van der Waals surface area contributed by atoms with Crippen molar-refractivity contribution in [2.24, 2.45) is 5.92 Å². The number of aryl methyl sites for hydroxylation is 3. The highest BCUT2D eigenvalue weighted by molar-refractivity contribution is 5.83. The zero-order valence-electron chi connectivity index (χ0n) is 21.7. The number of aromatic nitrogens is 3. The van der Waals surface area contributed by atoms with E-state index in [4.69, 9.17) is 14.8 Å². The van der Waals surface area contributed by atoms with E-state index in [-0.39, 0.29) is 0 Å². The van der Waals surface area contributed by atoms with Gasteiger partial charge in [0.05, 0.1) is 12.8 Å². The zero-order chi connectivity index (χ0) is 24.4. The second kappa shape index (κ2) is 10.3. The van der Waals surface area contributed by atoms with Gasteiger partial charge in [0.15, 0.2) is 5.65 Å². The molecule has 0 N–H and O–H groups in total. The van der Waals surface area contributed by atoms with Crippen molar-refractivity contribution < 1.29 is 4.74 Å². The molecule has 1 unspecified atom stereocenters. The Morgan fingerprint density at radius 1 is 1.14 bits per heavy atom. The highest BCUT2D eigenvalue weighted by Gasteiger charge is 2.27. The predicted octanol–water partition coefficient (Wildman–Crippen LogP) is 6.64. The van der Waals surface area contributed by atoms with Crippen LogP contribution in [0.1, 0.15) is 61.5 Å². The van der Waals surface area contributed by atoms with Crippen molar-refractivity contribution in [2.75, 3.05) is 25.1 Å². The van der Waals surface area contributed by atoms with Gasteiger partial charge in [0.2, 0.25) is 0 Å². The summed E-state index contributed by atoms with van der Waals surface area (Å²) in [4.78, 5) is 7.81. The van der Waals surface area contributed by atoms with Crippen LogP contribution in [0, 0.1) is 19.8 Å². The Kier molecular flexibility index (Phi) is 6.94.